The van der Waals surface area contributed by atoms with Crippen molar-refractivity contribution in [1.82, 2.24) is 15.2 Å². The van der Waals surface area contributed by atoms with Gasteiger partial charge in [0.25, 0.3) is 0 Å². The third kappa shape index (κ3) is 5.67. The summed E-state index contributed by atoms with van der Waals surface area (Å²) in [5.41, 5.74) is 0.0548. The molecule has 0 radical (unpaired) electrons. The second kappa shape index (κ2) is 10.2. The van der Waals surface area contributed by atoms with Crippen LogP contribution in [0, 0.1) is 0 Å². The van der Waals surface area contributed by atoms with Crippen molar-refractivity contribution in [1.29, 1.82) is 0 Å². The number of nitrogens with zero attached hydrogens (tertiary/aromatic N) is 3. The smallest absolute Gasteiger partial charge is 0.417 e. The summed E-state index contributed by atoms with van der Waals surface area (Å²) >= 11 is 6.02. The van der Waals surface area contributed by atoms with Crippen LogP contribution < -0.4 is 19.7 Å². The molecule has 0 unspecified atom stereocenters. The minimum Gasteiger partial charge on any atom is -0.497 e. The van der Waals surface area contributed by atoms with Crippen LogP contribution >= 0.6 is 11.6 Å². The first-order valence-corrected chi connectivity index (χ1v) is 10.3. The lowest BCUT2D eigenvalue weighted by atomic mass is 10.1. The fourth-order valence-electron chi connectivity index (χ4n) is 3.41. The number of carbonyl (C=O) groups is 1. The van der Waals surface area contributed by atoms with Crippen molar-refractivity contribution in [3.8, 4) is 11.5 Å². The van der Waals surface area contributed by atoms with Gasteiger partial charge < -0.3 is 24.6 Å². The monoisotopic (exact) mass is 472 g/mol. The van der Waals surface area contributed by atoms with Crippen molar-refractivity contribution in [2.45, 2.75) is 12.6 Å². The van der Waals surface area contributed by atoms with E-state index in [1.54, 1.807) is 30.1 Å². The molecule has 174 valence electrons. The van der Waals surface area contributed by atoms with Crippen LogP contribution in [0.25, 0.3) is 0 Å². The number of urea groups is 1. The molecule has 0 aliphatic carbocycles. The lowest BCUT2D eigenvalue weighted by molar-refractivity contribution is -0.137. The van der Waals surface area contributed by atoms with Crippen molar-refractivity contribution in [3.05, 3.63) is 46.6 Å². The van der Waals surface area contributed by atoms with Crippen molar-refractivity contribution in [3.63, 3.8) is 0 Å². The number of anilines is 1. The van der Waals surface area contributed by atoms with Crippen molar-refractivity contribution < 1.29 is 27.4 Å². The molecule has 1 aromatic heterocycles. The number of carbonyl (C=O) groups excluding carboxylic acids is 1. The summed E-state index contributed by atoms with van der Waals surface area (Å²) in [7, 11) is 3.16. The second-order valence-corrected chi connectivity index (χ2v) is 7.57. The first-order chi connectivity index (χ1) is 15.2. The molecule has 0 atom stereocenters. The fraction of sp³-hybridized carbons (Fsp3) is 0.429. The molecule has 1 aliphatic heterocycles. The number of hydrogen-bond acceptors (Lipinski definition) is 5. The number of ether oxygens (including phenoxy) is 2. The molecule has 2 aromatic rings. The number of hydrogen-bond donors (Lipinski definition) is 1. The van der Waals surface area contributed by atoms with Gasteiger partial charge in [-0.05, 0) is 24.1 Å². The van der Waals surface area contributed by atoms with E-state index < -0.39 is 11.7 Å². The van der Waals surface area contributed by atoms with Gasteiger partial charge in [0.05, 0.1) is 24.8 Å². The minimum atomic E-state index is -4.50. The maximum absolute atomic E-state index is 12.8. The molecule has 1 fully saturated rings. The van der Waals surface area contributed by atoms with Crippen LogP contribution in [0.1, 0.15) is 11.1 Å². The Balaban J connectivity index is 1.50. The highest BCUT2D eigenvalue weighted by Crippen LogP contribution is 2.33. The maximum Gasteiger partial charge on any atom is 0.417 e. The number of nitrogens with one attached hydrogen (secondary N) is 1. The minimum absolute atomic E-state index is 0.0637. The maximum atomic E-state index is 12.8. The van der Waals surface area contributed by atoms with Crippen molar-refractivity contribution >= 4 is 23.4 Å². The Hall–Kier alpha value is -2.88. The molecular weight excluding hydrogens is 449 g/mol. The summed E-state index contributed by atoms with van der Waals surface area (Å²) in [5.74, 6) is 1.66. The van der Waals surface area contributed by atoms with Crippen LogP contribution in [0.3, 0.4) is 0 Å². The molecule has 1 aromatic carbocycles. The van der Waals surface area contributed by atoms with Crippen LogP contribution in [-0.2, 0) is 12.6 Å². The molecule has 2 heterocycles. The van der Waals surface area contributed by atoms with Crippen LogP contribution in [0.4, 0.5) is 23.8 Å². The highest BCUT2D eigenvalue weighted by Gasteiger charge is 2.32. The zero-order valence-corrected chi connectivity index (χ0v) is 18.5. The predicted molar refractivity (Wildman–Crippen MR) is 115 cm³/mol. The van der Waals surface area contributed by atoms with Crippen molar-refractivity contribution in [2.75, 3.05) is 51.8 Å². The number of halogens is 4. The number of benzene rings is 1. The van der Waals surface area contributed by atoms with E-state index >= 15 is 0 Å². The number of pyridine rings is 1. The van der Waals surface area contributed by atoms with Gasteiger partial charge in [-0.3, -0.25) is 0 Å². The standard InChI is InChI=1S/C21H24ClF3N4O3/c1-31-16-4-3-14(18(12-16)32-2)5-6-26-20(30)29-9-7-28(8-10-29)19-17(22)11-15(13-27-19)21(23,24)25/h3-4,11-13H,5-10H2,1-2H3,(H,26,30). The SMILES string of the molecule is COc1ccc(CCNC(=O)N2CCN(c3ncc(C(F)(F)F)cc3Cl)CC2)c(OC)c1. The number of aromatic nitrogens is 1. The van der Waals surface area contributed by atoms with E-state index in [2.05, 4.69) is 10.3 Å². The second-order valence-electron chi connectivity index (χ2n) is 7.16. The molecule has 1 N–H and O–H groups in total. The topological polar surface area (TPSA) is 66.9 Å². The summed E-state index contributed by atoms with van der Waals surface area (Å²) in [6, 6.07) is 6.18. The van der Waals surface area contributed by atoms with E-state index in [4.69, 9.17) is 21.1 Å². The van der Waals surface area contributed by atoms with E-state index in [0.29, 0.717) is 50.6 Å². The summed E-state index contributed by atoms with van der Waals surface area (Å²) in [5, 5.41) is 2.82. The van der Waals surface area contributed by atoms with Gasteiger partial charge in [0.15, 0.2) is 0 Å². The third-order valence-corrected chi connectivity index (χ3v) is 5.46. The Morgan fingerprint density at radius 3 is 2.47 bits per heavy atom. The van der Waals surface area contributed by atoms with Crippen LogP contribution in [-0.4, -0.2) is 62.9 Å². The zero-order valence-electron chi connectivity index (χ0n) is 17.7. The first-order valence-electron chi connectivity index (χ1n) is 9.94. The Labute approximate surface area is 189 Å². The molecule has 1 saturated heterocycles. The molecular formula is C21H24ClF3N4O3. The third-order valence-electron chi connectivity index (χ3n) is 5.18. The van der Waals surface area contributed by atoms with Gasteiger partial charge in [0, 0.05) is 45.0 Å². The van der Waals surface area contributed by atoms with Gasteiger partial charge in [-0.25, -0.2) is 9.78 Å². The average Bonchev–Trinajstić information content (AvgIpc) is 2.78. The van der Waals surface area contributed by atoms with Gasteiger partial charge in [-0.1, -0.05) is 17.7 Å². The number of piperazine rings is 1. The Kier molecular flexibility index (Phi) is 7.55. The van der Waals surface area contributed by atoms with Gasteiger partial charge in [0.2, 0.25) is 0 Å². The molecule has 0 saturated carbocycles. The Morgan fingerprint density at radius 2 is 1.88 bits per heavy atom. The Bertz CT molecular complexity index is 950. The average molecular weight is 473 g/mol. The summed E-state index contributed by atoms with van der Waals surface area (Å²) in [6.45, 7) is 2.05. The number of alkyl halides is 3. The molecule has 11 heteroatoms. The van der Waals surface area contributed by atoms with Crippen LogP contribution in [0.15, 0.2) is 30.5 Å². The molecule has 0 bridgehead atoms. The zero-order chi connectivity index (χ0) is 23.3. The molecule has 3 rings (SSSR count). The van der Waals surface area contributed by atoms with E-state index in [9.17, 15) is 18.0 Å². The van der Waals surface area contributed by atoms with Crippen LogP contribution in [0.5, 0.6) is 11.5 Å². The molecule has 2 amide bonds. The van der Waals surface area contributed by atoms with E-state index in [-0.39, 0.29) is 16.9 Å². The van der Waals surface area contributed by atoms with E-state index in [1.165, 1.54) is 0 Å². The molecule has 1 aliphatic rings. The van der Waals surface area contributed by atoms with Gasteiger partial charge in [-0.2, -0.15) is 13.2 Å². The van der Waals surface area contributed by atoms with Gasteiger partial charge in [0.1, 0.15) is 17.3 Å². The lowest BCUT2D eigenvalue weighted by Crippen LogP contribution is -2.52. The summed E-state index contributed by atoms with van der Waals surface area (Å²) < 4.78 is 48.9. The predicted octanol–water partition coefficient (Wildman–Crippen LogP) is 3.85. The van der Waals surface area contributed by atoms with E-state index in [1.807, 2.05) is 12.1 Å². The number of methoxy groups -OCH3 is 2. The fourth-order valence-corrected chi connectivity index (χ4v) is 3.70. The van der Waals surface area contributed by atoms with Gasteiger partial charge >= 0.3 is 12.2 Å². The van der Waals surface area contributed by atoms with Gasteiger partial charge in [-0.15, -0.1) is 0 Å². The van der Waals surface area contributed by atoms with E-state index in [0.717, 1.165) is 17.8 Å². The quantitative estimate of drug-likeness (QED) is 0.692. The number of rotatable bonds is 6. The molecule has 7 nitrogen and oxygen atoms in total. The highest BCUT2D eigenvalue weighted by atomic mass is 35.5. The first kappa shape index (κ1) is 23.8. The summed E-state index contributed by atoms with van der Waals surface area (Å²) in [4.78, 5) is 19.8. The van der Waals surface area contributed by atoms with Crippen molar-refractivity contribution in [2.24, 2.45) is 0 Å². The lowest BCUT2D eigenvalue weighted by Gasteiger charge is -2.35. The normalized spacial score (nSPS) is 14.3. The largest absolute Gasteiger partial charge is 0.497 e. The summed E-state index contributed by atoms with van der Waals surface area (Å²) in [6.07, 6.45) is -3.14. The molecule has 0 spiro atoms. The highest BCUT2D eigenvalue weighted by molar-refractivity contribution is 6.33. The number of amides is 2. The molecule has 32 heavy (non-hydrogen) atoms. The van der Waals surface area contributed by atoms with Crippen LogP contribution in [0.2, 0.25) is 5.02 Å². The Morgan fingerprint density at radius 1 is 1.16 bits per heavy atom.